The molecule has 1 heterocycles. The fourth-order valence-corrected chi connectivity index (χ4v) is 3.86. The maximum Gasteiger partial charge on any atom is 0.306 e. The number of aliphatic hydroxyl groups is 1. The molecular weight excluding hydrogens is 432 g/mol. The van der Waals surface area contributed by atoms with Crippen molar-refractivity contribution in [1.82, 2.24) is 10.2 Å². The summed E-state index contributed by atoms with van der Waals surface area (Å²) in [6, 6.07) is 18.4. The van der Waals surface area contributed by atoms with E-state index in [9.17, 15) is 19.5 Å². The Morgan fingerprint density at radius 1 is 1.03 bits per heavy atom. The molecule has 34 heavy (non-hydrogen) atoms. The molecule has 1 aliphatic heterocycles. The number of carbonyl (C=O) groups excluding carboxylic acids is 3. The lowest BCUT2D eigenvalue weighted by Crippen LogP contribution is -2.40. The third-order valence-corrected chi connectivity index (χ3v) is 5.76. The summed E-state index contributed by atoms with van der Waals surface area (Å²) in [5.41, 5.74) is 1.78. The molecule has 2 N–H and O–H groups in total. The molecule has 0 saturated carbocycles. The van der Waals surface area contributed by atoms with Gasteiger partial charge in [-0.2, -0.15) is 0 Å². The predicted molar refractivity (Wildman–Crippen MR) is 128 cm³/mol. The maximum absolute atomic E-state index is 13.3. The molecule has 0 bridgehead atoms. The van der Waals surface area contributed by atoms with Gasteiger partial charge in [0.1, 0.15) is 6.61 Å². The minimum Gasteiger partial charge on any atom is -0.463 e. The average Bonchev–Trinajstić information content (AvgIpc) is 2.85. The van der Waals surface area contributed by atoms with Crippen LogP contribution in [-0.4, -0.2) is 47.5 Å². The highest BCUT2D eigenvalue weighted by Crippen LogP contribution is 2.20. The number of amides is 2. The second-order valence-corrected chi connectivity index (χ2v) is 8.33. The van der Waals surface area contributed by atoms with Crippen LogP contribution in [-0.2, 0) is 25.7 Å². The van der Waals surface area contributed by atoms with E-state index in [4.69, 9.17) is 4.74 Å². The molecule has 2 atom stereocenters. The van der Waals surface area contributed by atoms with Gasteiger partial charge in [0, 0.05) is 25.9 Å². The fraction of sp³-hybridized carbons (Fsp3) is 0.370. The van der Waals surface area contributed by atoms with Gasteiger partial charge in [0.15, 0.2) is 0 Å². The van der Waals surface area contributed by atoms with Crippen molar-refractivity contribution in [3.63, 3.8) is 0 Å². The van der Waals surface area contributed by atoms with E-state index < -0.39 is 12.0 Å². The van der Waals surface area contributed by atoms with E-state index in [0.717, 1.165) is 11.1 Å². The van der Waals surface area contributed by atoms with Crippen LogP contribution in [0.4, 0.5) is 0 Å². The van der Waals surface area contributed by atoms with Gasteiger partial charge in [-0.3, -0.25) is 14.4 Å². The summed E-state index contributed by atoms with van der Waals surface area (Å²) in [7, 11) is 0. The zero-order valence-electron chi connectivity index (χ0n) is 19.3. The molecule has 0 saturated heterocycles. The van der Waals surface area contributed by atoms with Crippen molar-refractivity contribution in [1.29, 1.82) is 0 Å². The standard InChI is InChI=1S/C27H32N2O5/c30-17-16-29(19-21-10-4-1-5-11-21)25(31)18-23-14-8-3-9-15-26(32)34-20-24(28-27(23)33)22-12-6-2-7-13-22/h1-8,10-13,23-24,30H,9,14-20H2,(H,28,33)/t23-,24+/m1/s1. The topological polar surface area (TPSA) is 95.9 Å². The monoisotopic (exact) mass is 464 g/mol. The van der Waals surface area contributed by atoms with Crippen LogP contribution < -0.4 is 5.32 Å². The van der Waals surface area contributed by atoms with Crippen molar-refractivity contribution < 1.29 is 24.2 Å². The van der Waals surface area contributed by atoms with Crippen LogP contribution in [0.25, 0.3) is 0 Å². The third kappa shape index (κ3) is 7.85. The molecule has 180 valence electrons. The number of aliphatic hydroxyl groups excluding tert-OH is 1. The van der Waals surface area contributed by atoms with Crippen molar-refractivity contribution in [2.45, 2.75) is 38.3 Å². The molecule has 7 heteroatoms. The number of benzene rings is 2. The Morgan fingerprint density at radius 3 is 2.44 bits per heavy atom. The van der Waals surface area contributed by atoms with Crippen molar-refractivity contribution in [3.8, 4) is 0 Å². The van der Waals surface area contributed by atoms with Gasteiger partial charge in [-0.25, -0.2) is 0 Å². The predicted octanol–water partition coefficient (Wildman–Crippen LogP) is 3.15. The Kier molecular flexibility index (Phi) is 9.85. The van der Waals surface area contributed by atoms with Crippen molar-refractivity contribution in [2.24, 2.45) is 5.92 Å². The first-order chi connectivity index (χ1) is 16.6. The van der Waals surface area contributed by atoms with Crippen LogP contribution in [0.15, 0.2) is 72.8 Å². The Morgan fingerprint density at radius 2 is 1.74 bits per heavy atom. The Balaban J connectivity index is 1.76. The van der Waals surface area contributed by atoms with Gasteiger partial charge in [-0.15, -0.1) is 0 Å². The van der Waals surface area contributed by atoms with E-state index in [1.54, 1.807) is 4.90 Å². The second-order valence-electron chi connectivity index (χ2n) is 8.33. The van der Waals surface area contributed by atoms with E-state index in [1.165, 1.54) is 0 Å². The molecule has 2 aromatic carbocycles. The molecule has 2 amide bonds. The summed E-state index contributed by atoms with van der Waals surface area (Å²) in [5.74, 6) is -1.36. The molecule has 0 unspecified atom stereocenters. The molecule has 2 aromatic rings. The number of rotatable bonds is 7. The molecule has 7 nitrogen and oxygen atoms in total. The largest absolute Gasteiger partial charge is 0.463 e. The summed E-state index contributed by atoms with van der Waals surface area (Å²) >= 11 is 0. The zero-order valence-corrected chi connectivity index (χ0v) is 19.3. The van der Waals surface area contributed by atoms with Crippen LogP contribution in [0.1, 0.15) is 42.9 Å². The van der Waals surface area contributed by atoms with Gasteiger partial charge in [-0.05, 0) is 24.0 Å². The van der Waals surface area contributed by atoms with Gasteiger partial charge in [0.25, 0.3) is 0 Å². The quantitative estimate of drug-likeness (QED) is 0.485. The molecule has 3 rings (SSSR count). The lowest BCUT2D eigenvalue weighted by molar-refractivity contribution is -0.145. The van der Waals surface area contributed by atoms with E-state index in [2.05, 4.69) is 5.32 Å². The summed E-state index contributed by atoms with van der Waals surface area (Å²) in [4.78, 5) is 40.0. The van der Waals surface area contributed by atoms with Crippen LogP contribution in [0, 0.1) is 5.92 Å². The van der Waals surface area contributed by atoms with E-state index in [-0.39, 0.29) is 50.4 Å². The van der Waals surface area contributed by atoms with Crippen molar-refractivity contribution in [3.05, 3.63) is 83.9 Å². The second kappa shape index (κ2) is 13.3. The highest BCUT2D eigenvalue weighted by Gasteiger charge is 2.27. The maximum atomic E-state index is 13.3. The number of ether oxygens (including phenoxy) is 1. The summed E-state index contributed by atoms with van der Waals surface area (Å²) in [5, 5.41) is 12.5. The molecule has 0 radical (unpaired) electrons. The van der Waals surface area contributed by atoms with E-state index in [0.29, 0.717) is 19.4 Å². The number of esters is 1. The zero-order chi connectivity index (χ0) is 24.2. The minimum absolute atomic E-state index is 0.0182. The number of hydrogen-bond donors (Lipinski definition) is 2. The summed E-state index contributed by atoms with van der Waals surface area (Å²) in [6.07, 6.45) is 4.87. The first-order valence-corrected chi connectivity index (χ1v) is 11.7. The summed E-state index contributed by atoms with van der Waals surface area (Å²) in [6.45, 7) is 0.438. The highest BCUT2D eigenvalue weighted by molar-refractivity contribution is 5.86. The lowest BCUT2D eigenvalue weighted by atomic mass is 9.97. The first-order valence-electron chi connectivity index (χ1n) is 11.7. The molecule has 1 aliphatic rings. The van der Waals surface area contributed by atoms with Gasteiger partial charge >= 0.3 is 5.97 Å². The van der Waals surface area contributed by atoms with Crippen molar-refractivity contribution in [2.75, 3.05) is 19.8 Å². The Bertz CT molecular complexity index is 962. The lowest BCUT2D eigenvalue weighted by Gasteiger charge is -2.26. The third-order valence-electron chi connectivity index (χ3n) is 5.76. The van der Waals surface area contributed by atoms with Gasteiger partial charge in [-0.1, -0.05) is 72.8 Å². The molecule has 0 aromatic heterocycles. The Labute approximate surface area is 200 Å². The molecular formula is C27H32N2O5. The van der Waals surface area contributed by atoms with Crippen LogP contribution in [0.2, 0.25) is 0 Å². The fourth-order valence-electron chi connectivity index (χ4n) is 3.86. The number of carbonyl (C=O) groups is 3. The van der Waals surface area contributed by atoms with Gasteiger partial charge in [0.2, 0.25) is 11.8 Å². The van der Waals surface area contributed by atoms with E-state index >= 15 is 0 Å². The molecule has 0 fully saturated rings. The average molecular weight is 465 g/mol. The molecule has 0 aliphatic carbocycles. The first kappa shape index (κ1) is 25.2. The van der Waals surface area contributed by atoms with Gasteiger partial charge < -0.3 is 20.1 Å². The number of allylic oxidation sites excluding steroid dienone is 2. The normalized spacial score (nSPS) is 19.3. The number of nitrogens with one attached hydrogen (secondary N) is 1. The minimum atomic E-state index is -0.581. The summed E-state index contributed by atoms with van der Waals surface area (Å²) < 4.78 is 5.39. The van der Waals surface area contributed by atoms with E-state index in [1.807, 2.05) is 72.8 Å². The van der Waals surface area contributed by atoms with Gasteiger partial charge in [0.05, 0.1) is 18.6 Å². The number of hydrogen-bond acceptors (Lipinski definition) is 5. The van der Waals surface area contributed by atoms with Crippen molar-refractivity contribution >= 4 is 17.8 Å². The number of cyclic esters (lactones) is 1. The smallest absolute Gasteiger partial charge is 0.306 e. The molecule has 0 spiro atoms. The van der Waals surface area contributed by atoms with Crippen LogP contribution in [0.3, 0.4) is 0 Å². The van der Waals surface area contributed by atoms with Crippen LogP contribution in [0.5, 0.6) is 0 Å². The number of nitrogens with zero attached hydrogens (tertiary/aromatic N) is 1. The SMILES string of the molecule is O=C1CCC=CC[C@H](CC(=O)N(CCO)Cc2ccccc2)C(=O)N[C@H](c2ccccc2)CO1. The Hall–Kier alpha value is -3.45. The van der Waals surface area contributed by atoms with Crippen LogP contribution >= 0.6 is 0 Å². The highest BCUT2D eigenvalue weighted by atomic mass is 16.5.